The summed E-state index contributed by atoms with van der Waals surface area (Å²) < 4.78 is 52.5. The van der Waals surface area contributed by atoms with Crippen LogP contribution in [0.2, 0.25) is 0 Å². The first-order valence-electron chi connectivity index (χ1n) is 8.27. The van der Waals surface area contributed by atoms with Crippen LogP contribution in [0, 0.1) is 0 Å². The van der Waals surface area contributed by atoms with Crippen LogP contribution in [0.3, 0.4) is 0 Å². The van der Waals surface area contributed by atoms with Crippen LogP contribution >= 0.6 is 0 Å². The molecule has 0 unspecified atom stereocenters. The second-order valence-corrected chi connectivity index (χ2v) is 5.68. The van der Waals surface area contributed by atoms with E-state index in [1.165, 1.54) is 32.4 Å². The molecule has 0 aromatic heterocycles. The molecule has 2 aromatic carbocycles. The number of carbonyl (C=O) groups excluding carboxylic acids is 2. The summed E-state index contributed by atoms with van der Waals surface area (Å²) in [5.74, 6) is -0.532. The average molecular weight is 409 g/mol. The van der Waals surface area contributed by atoms with Crippen LogP contribution < -0.4 is 14.8 Å². The van der Waals surface area contributed by atoms with Crippen LogP contribution in [0.4, 0.5) is 18.9 Å². The molecule has 0 heterocycles. The number of amides is 1. The van der Waals surface area contributed by atoms with Crippen LogP contribution in [0.15, 0.2) is 48.5 Å². The van der Waals surface area contributed by atoms with Crippen LogP contribution in [0.5, 0.6) is 11.5 Å². The Morgan fingerprint density at radius 2 is 1.72 bits per heavy atom. The minimum atomic E-state index is -4.43. The zero-order valence-corrected chi connectivity index (χ0v) is 15.6. The summed E-state index contributed by atoms with van der Waals surface area (Å²) in [6.45, 7) is -0.559. The Hall–Kier alpha value is -3.49. The molecule has 2 aromatic rings. The first kappa shape index (κ1) is 21.8. The predicted molar refractivity (Wildman–Crippen MR) is 99.6 cm³/mol. The molecule has 0 aliphatic carbocycles. The minimum absolute atomic E-state index is 0.341. The Labute approximate surface area is 164 Å². The molecule has 1 N–H and O–H groups in total. The molecular weight excluding hydrogens is 391 g/mol. The zero-order valence-electron chi connectivity index (χ0n) is 15.6. The zero-order chi connectivity index (χ0) is 21.4. The lowest BCUT2D eigenvalue weighted by atomic mass is 10.1. The summed E-state index contributed by atoms with van der Waals surface area (Å²) in [5.41, 5.74) is -0.0735. The second kappa shape index (κ2) is 9.63. The van der Waals surface area contributed by atoms with Gasteiger partial charge in [-0.1, -0.05) is 12.1 Å². The molecule has 1 amide bonds. The third kappa shape index (κ3) is 6.56. The normalized spacial score (nSPS) is 11.2. The highest BCUT2D eigenvalue weighted by atomic mass is 19.4. The summed E-state index contributed by atoms with van der Waals surface area (Å²) in [6, 6.07) is 9.04. The fourth-order valence-corrected chi connectivity index (χ4v) is 2.23. The fourth-order valence-electron chi connectivity index (χ4n) is 2.23. The largest absolute Gasteiger partial charge is 0.497 e. The second-order valence-electron chi connectivity index (χ2n) is 5.68. The number of hydrogen-bond donors (Lipinski definition) is 1. The first-order valence-corrected chi connectivity index (χ1v) is 8.27. The number of halogens is 3. The van der Waals surface area contributed by atoms with Gasteiger partial charge in [0.1, 0.15) is 11.5 Å². The van der Waals surface area contributed by atoms with Crippen molar-refractivity contribution in [2.24, 2.45) is 0 Å². The van der Waals surface area contributed by atoms with Gasteiger partial charge in [-0.2, -0.15) is 13.2 Å². The summed E-state index contributed by atoms with van der Waals surface area (Å²) in [4.78, 5) is 23.7. The number of hydrogen-bond acceptors (Lipinski definition) is 5. The standard InChI is InChI=1S/C20H18F3NO5/c1-27-15-8-9-17(28-2)16(11-15)24-18(25)12-29-19(26)10-5-13-3-6-14(7-4-13)20(21,22)23/h3-11H,12H2,1-2H3,(H,24,25)/b10-5+. The number of nitrogens with one attached hydrogen (secondary N) is 1. The highest BCUT2D eigenvalue weighted by Crippen LogP contribution is 2.29. The number of methoxy groups -OCH3 is 2. The third-order valence-electron chi connectivity index (χ3n) is 3.68. The molecule has 0 spiro atoms. The molecule has 0 aliphatic rings. The molecule has 0 saturated carbocycles. The van der Waals surface area contributed by atoms with E-state index in [4.69, 9.17) is 14.2 Å². The lowest BCUT2D eigenvalue weighted by molar-refractivity contribution is -0.142. The Bertz CT molecular complexity index is 892. The fraction of sp³-hybridized carbons (Fsp3) is 0.200. The molecule has 154 valence electrons. The van der Waals surface area contributed by atoms with Gasteiger partial charge in [-0.25, -0.2) is 4.79 Å². The van der Waals surface area contributed by atoms with E-state index in [9.17, 15) is 22.8 Å². The van der Waals surface area contributed by atoms with Crippen molar-refractivity contribution in [2.45, 2.75) is 6.18 Å². The van der Waals surface area contributed by atoms with Crippen molar-refractivity contribution in [2.75, 3.05) is 26.1 Å². The molecular formula is C20H18F3NO5. The SMILES string of the molecule is COc1ccc(OC)c(NC(=O)COC(=O)/C=C/c2ccc(C(F)(F)F)cc2)c1. The molecule has 0 aliphatic heterocycles. The van der Waals surface area contributed by atoms with Gasteiger partial charge in [0.2, 0.25) is 0 Å². The summed E-state index contributed by atoms with van der Waals surface area (Å²) in [6.07, 6.45) is -2.13. The highest BCUT2D eigenvalue weighted by molar-refractivity contribution is 5.95. The molecule has 0 saturated heterocycles. The maximum atomic E-state index is 12.5. The van der Waals surface area contributed by atoms with Gasteiger partial charge in [-0.3, -0.25) is 4.79 Å². The van der Waals surface area contributed by atoms with Crippen molar-refractivity contribution >= 4 is 23.6 Å². The maximum Gasteiger partial charge on any atom is 0.416 e. The van der Waals surface area contributed by atoms with Crippen LogP contribution in [0.25, 0.3) is 6.08 Å². The number of esters is 1. The van der Waals surface area contributed by atoms with Crippen LogP contribution in [-0.2, 0) is 20.5 Å². The number of ether oxygens (including phenoxy) is 3. The minimum Gasteiger partial charge on any atom is -0.497 e. The van der Waals surface area contributed by atoms with E-state index in [0.29, 0.717) is 22.7 Å². The monoisotopic (exact) mass is 409 g/mol. The van der Waals surface area contributed by atoms with E-state index in [0.717, 1.165) is 18.2 Å². The van der Waals surface area contributed by atoms with Crippen LogP contribution in [0.1, 0.15) is 11.1 Å². The molecule has 0 bridgehead atoms. The third-order valence-corrected chi connectivity index (χ3v) is 3.68. The van der Waals surface area contributed by atoms with E-state index < -0.39 is 30.2 Å². The molecule has 9 heteroatoms. The molecule has 0 radical (unpaired) electrons. The van der Waals surface area contributed by atoms with Gasteiger partial charge in [0.15, 0.2) is 6.61 Å². The van der Waals surface area contributed by atoms with Crippen molar-refractivity contribution in [3.8, 4) is 11.5 Å². The Balaban J connectivity index is 1.89. The van der Waals surface area contributed by atoms with Crippen LogP contribution in [-0.4, -0.2) is 32.7 Å². The molecule has 29 heavy (non-hydrogen) atoms. The number of anilines is 1. The summed E-state index contributed by atoms with van der Waals surface area (Å²) >= 11 is 0. The van der Waals surface area contributed by atoms with Gasteiger partial charge in [0.25, 0.3) is 5.91 Å². The number of carbonyl (C=O) groups is 2. The topological polar surface area (TPSA) is 73.9 Å². The van der Waals surface area contributed by atoms with Gasteiger partial charge in [0, 0.05) is 12.1 Å². The van der Waals surface area contributed by atoms with E-state index in [1.807, 2.05) is 0 Å². The predicted octanol–water partition coefficient (Wildman–Crippen LogP) is 3.92. The molecule has 2 rings (SSSR count). The van der Waals surface area contributed by atoms with Crippen molar-refractivity contribution in [1.29, 1.82) is 0 Å². The van der Waals surface area contributed by atoms with Gasteiger partial charge < -0.3 is 19.5 Å². The van der Waals surface area contributed by atoms with Gasteiger partial charge in [-0.15, -0.1) is 0 Å². The van der Waals surface area contributed by atoms with Crippen molar-refractivity contribution in [1.82, 2.24) is 0 Å². The average Bonchev–Trinajstić information content (AvgIpc) is 2.70. The number of rotatable bonds is 7. The quantitative estimate of drug-likeness (QED) is 0.554. The van der Waals surface area contributed by atoms with E-state index in [2.05, 4.69) is 5.32 Å². The summed E-state index contributed by atoms with van der Waals surface area (Å²) in [7, 11) is 2.90. The number of alkyl halides is 3. The summed E-state index contributed by atoms with van der Waals surface area (Å²) in [5, 5.41) is 2.53. The molecule has 6 nitrogen and oxygen atoms in total. The van der Waals surface area contributed by atoms with Crippen molar-refractivity contribution in [3.63, 3.8) is 0 Å². The van der Waals surface area contributed by atoms with Gasteiger partial charge in [-0.05, 0) is 35.9 Å². The first-order chi connectivity index (χ1) is 13.7. The smallest absolute Gasteiger partial charge is 0.416 e. The van der Waals surface area contributed by atoms with Crippen molar-refractivity contribution < 1.29 is 37.0 Å². The Morgan fingerprint density at radius 1 is 1.03 bits per heavy atom. The van der Waals surface area contributed by atoms with E-state index in [1.54, 1.807) is 18.2 Å². The lowest BCUT2D eigenvalue weighted by Crippen LogP contribution is -2.20. The Kier molecular flexibility index (Phi) is 7.24. The maximum absolute atomic E-state index is 12.5. The highest BCUT2D eigenvalue weighted by Gasteiger charge is 2.29. The Morgan fingerprint density at radius 3 is 2.31 bits per heavy atom. The van der Waals surface area contributed by atoms with E-state index >= 15 is 0 Å². The van der Waals surface area contributed by atoms with E-state index in [-0.39, 0.29) is 0 Å². The van der Waals surface area contributed by atoms with Crippen molar-refractivity contribution in [3.05, 3.63) is 59.7 Å². The molecule has 0 atom stereocenters. The molecule has 0 fully saturated rings. The number of benzene rings is 2. The van der Waals surface area contributed by atoms with Gasteiger partial charge in [0.05, 0.1) is 25.5 Å². The van der Waals surface area contributed by atoms with Gasteiger partial charge >= 0.3 is 12.1 Å². The lowest BCUT2D eigenvalue weighted by Gasteiger charge is -2.11.